The number of nitrogens with zero attached hydrogens (tertiary/aromatic N) is 1. The molecule has 21 heavy (non-hydrogen) atoms. The summed E-state index contributed by atoms with van der Waals surface area (Å²) in [6, 6.07) is 6.79. The van der Waals surface area contributed by atoms with Gasteiger partial charge in [-0.1, -0.05) is 12.1 Å². The van der Waals surface area contributed by atoms with Crippen molar-refractivity contribution in [2.75, 3.05) is 6.54 Å². The molecule has 112 valence electrons. The topological polar surface area (TPSA) is 24.9 Å². The SMILES string of the molecule is Fc1ccc(CNCCc2cccnc2)cc1C(F)(F)F. The molecule has 0 saturated carbocycles. The van der Waals surface area contributed by atoms with Gasteiger partial charge in [-0.3, -0.25) is 4.98 Å². The van der Waals surface area contributed by atoms with E-state index in [1.165, 1.54) is 6.07 Å². The first-order valence-corrected chi connectivity index (χ1v) is 6.42. The molecule has 2 nitrogen and oxygen atoms in total. The number of halogens is 4. The minimum atomic E-state index is -4.67. The van der Waals surface area contributed by atoms with Crippen LogP contribution in [0.4, 0.5) is 17.6 Å². The van der Waals surface area contributed by atoms with Gasteiger partial charge >= 0.3 is 6.18 Å². The highest BCUT2D eigenvalue weighted by molar-refractivity contribution is 5.27. The van der Waals surface area contributed by atoms with Crippen LogP contribution in [-0.2, 0) is 19.1 Å². The lowest BCUT2D eigenvalue weighted by Gasteiger charge is -2.10. The second-order valence-electron chi connectivity index (χ2n) is 4.60. The summed E-state index contributed by atoms with van der Waals surface area (Å²) in [5, 5.41) is 3.03. The van der Waals surface area contributed by atoms with Crippen molar-refractivity contribution >= 4 is 0 Å². The molecule has 0 amide bonds. The first-order chi connectivity index (χ1) is 9.97. The number of pyridine rings is 1. The molecular formula is C15H14F4N2. The third kappa shape index (κ3) is 4.53. The van der Waals surface area contributed by atoms with Crippen molar-refractivity contribution in [3.63, 3.8) is 0 Å². The average molecular weight is 298 g/mol. The Balaban J connectivity index is 1.89. The first kappa shape index (κ1) is 15.4. The van der Waals surface area contributed by atoms with E-state index in [0.29, 0.717) is 12.1 Å². The zero-order chi connectivity index (χ0) is 15.3. The quantitative estimate of drug-likeness (QED) is 0.674. The molecule has 0 unspecified atom stereocenters. The number of nitrogens with one attached hydrogen (secondary N) is 1. The average Bonchev–Trinajstić information content (AvgIpc) is 2.45. The maximum absolute atomic E-state index is 13.1. The Hall–Kier alpha value is -1.95. The predicted molar refractivity (Wildman–Crippen MR) is 71.0 cm³/mol. The molecule has 1 heterocycles. The number of aromatic nitrogens is 1. The van der Waals surface area contributed by atoms with Crippen LogP contribution < -0.4 is 5.32 Å². The van der Waals surface area contributed by atoms with E-state index in [1.807, 2.05) is 12.1 Å². The summed E-state index contributed by atoms with van der Waals surface area (Å²) in [6.45, 7) is 0.855. The highest BCUT2D eigenvalue weighted by Crippen LogP contribution is 2.31. The zero-order valence-electron chi connectivity index (χ0n) is 11.1. The van der Waals surface area contributed by atoms with Crippen LogP contribution in [0.25, 0.3) is 0 Å². The molecule has 0 radical (unpaired) electrons. The Labute approximate surface area is 119 Å². The van der Waals surface area contributed by atoms with Gasteiger partial charge in [0, 0.05) is 18.9 Å². The smallest absolute Gasteiger partial charge is 0.312 e. The van der Waals surface area contributed by atoms with E-state index in [2.05, 4.69) is 10.3 Å². The van der Waals surface area contributed by atoms with Crippen molar-refractivity contribution in [1.29, 1.82) is 0 Å². The molecule has 0 aliphatic heterocycles. The van der Waals surface area contributed by atoms with Gasteiger partial charge in [0.2, 0.25) is 0 Å². The molecule has 0 bridgehead atoms. The van der Waals surface area contributed by atoms with E-state index in [-0.39, 0.29) is 6.54 Å². The van der Waals surface area contributed by atoms with Crippen LogP contribution in [0.15, 0.2) is 42.7 Å². The van der Waals surface area contributed by atoms with Crippen molar-refractivity contribution in [3.8, 4) is 0 Å². The van der Waals surface area contributed by atoms with Gasteiger partial charge in [0.25, 0.3) is 0 Å². The van der Waals surface area contributed by atoms with Crippen molar-refractivity contribution in [2.24, 2.45) is 0 Å². The summed E-state index contributed by atoms with van der Waals surface area (Å²) >= 11 is 0. The van der Waals surface area contributed by atoms with Gasteiger partial charge in [-0.25, -0.2) is 4.39 Å². The summed E-state index contributed by atoms with van der Waals surface area (Å²) in [4.78, 5) is 3.98. The van der Waals surface area contributed by atoms with Crippen molar-refractivity contribution in [3.05, 3.63) is 65.2 Å². The summed E-state index contributed by atoms with van der Waals surface area (Å²) in [5.74, 6) is -1.25. The fourth-order valence-electron chi connectivity index (χ4n) is 1.91. The second-order valence-corrected chi connectivity index (χ2v) is 4.60. The molecule has 6 heteroatoms. The van der Waals surface area contributed by atoms with E-state index >= 15 is 0 Å². The molecule has 1 N–H and O–H groups in total. The van der Waals surface area contributed by atoms with E-state index < -0.39 is 17.6 Å². The van der Waals surface area contributed by atoms with Crippen molar-refractivity contribution < 1.29 is 17.6 Å². The lowest BCUT2D eigenvalue weighted by molar-refractivity contribution is -0.140. The first-order valence-electron chi connectivity index (χ1n) is 6.42. The van der Waals surface area contributed by atoms with Gasteiger partial charge in [0.15, 0.2) is 0 Å². The predicted octanol–water partition coefficient (Wildman–Crippen LogP) is 3.57. The van der Waals surface area contributed by atoms with Crippen LogP contribution in [0, 0.1) is 5.82 Å². The Morgan fingerprint density at radius 1 is 1.10 bits per heavy atom. The summed E-state index contributed by atoms with van der Waals surface area (Å²) in [5.41, 5.74) is 0.212. The molecule has 0 saturated heterocycles. The lowest BCUT2D eigenvalue weighted by Crippen LogP contribution is -2.17. The van der Waals surface area contributed by atoms with Crippen LogP contribution >= 0.6 is 0 Å². The maximum atomic E-state index is 13.1. The maximum Gasteiger partial charge on any atom is 0.419 e. The van der Waals surface area contributed by atoms with Crippen molar-refractivity contribution in [1.82, 2.24) is 10.3 Å². The molecule has 2 aromatic rings. The summed E-state index contributed by atoms with van der Waals surface area (Å²) in [6.07, 6.45) is -0.535. The van der Waals surface area contributed by atoms with Gasteiger partial charge in [-0.15, -0.1) is 0 Å². The number of rotatable bonds is 5. The zero-order valence-corrected chi connectivity index (χ0v) is 11.1. The number of alkyl halides is 3. The molecule has 1 aromatic heterocycles. The van der Waals surface area contributed by atoms with E-state index in [0.717, 1.165) is 24.1 Å². The molecule has 1 aromatic carbocycles. The molecular weight excluding hydrogens is 284 g/mol. The highest BCUT2D eigenvalue weighted by atomic mass is 19.4. The Bertz CT molecular complexity index is 582. The van der Waals surface area contributed by atoms with E-state index in [1.54, 1.807) is 12.4 Å². The van der Waals surface area contributed by atoms with Gasteiger partial charge in [-0.05, 0) is 42.3 Å². The Morgan fingerprint density at radius 3 is 2.57 bits per heavy atom. The molecule has 0 aliphatic rings. The van der Waals surface area contributed by atoms with Crippen LogP contribution in [0.5, 0.6) is 0 Å². The van der Waals surface area contributed by atoms with Crippen LogP contribution in [0.3, 0.4) is 0 Å². The fourth-order valence-corrected chi connectivity index (χ4v) is 1.91. The summed E-state index contributed by atoms with van der Waals surface area (Å²) in [7, 11) is 0. The molecule has 0 aliphatic carbocycles. The van der Waals surface area contributed by atoms with Crippen LogP contribution in [0.2, 0.25) is 0 Å². The van der Waals surface area contributed by atoms with Crippen LogP contribution in [-0.4, -0.2) is 11.5 Å². The standard InChI is InChI=1S/C15H14F4N2/c16-14-4-3-12(8-13(14)15(17,18)19)10-21-7-5-11-2-1-6-20-9-11/h1-4,6,8-9,21H,5,7,10H2. The van der Waals surface area contributed by atoms with Crippen LogP contribution in [0.1, 0.15) is 16.7 Å². The van der Waals surface area contributed by atoms with Crippen molar-refractivity contribution in [2.45, 2.75) is 19.1 Å². The molecule has 2 rings (SSSR count). The fraction of sp³-hybridized carbons (Fsp3) is 0.267. The van der Waals surface area contributed by atoms with E-state index in [9.17, 15) is 17.6 Å². The Morgan fingerprint density at radius 2 is 1.90 bits per heavy atom. The normalized spacial score (nSPS) is 11.6. The van der Waals surface area contributed by atoms with Gasteiger partial charge in [-0.2, -0.15) is 13.2 Å². The number of hydrogen-bond acceptors (Lipinski definition) is 2. The third-order valence-corrected chi connectivity index (χ3v) is 2.98. The van der Waals surface area contributed by atoms with Gasteiger partial charge in [0.05, 0.1) is 5.56 Å². The third-order valence-electron chi connectivity index (χ3n) is 2.98. The second kappa shape index (κ2) is 6.67. The van der Waals surface area contributed by atoms with Gasteiger partial charge in [0.1, 0.15) is 5.82 Å². The van der Waals surface area contributed by atoms with E-state index in [4.69, 9.17) is 0 Å². The highest BCUT2D eigenvalue weighted by Gasteiger charge is 2.34. The largest absolute Gasteiger partial charge is 0.419 e. The van der Waals surface area contributed by atoms with Gasteiger partial charge < -0.3 is 5.32 Å². The molecule has 0 spiro atoms. The lowest BCUT2D eigenvalue weighted by atomic mass is 10.1. The molecule has 0 fully saturated rings. The Kier molecular flexibility index (Phi) is 4.90. The minimum absolute atomic E-state index is 0.254. The number of benzene rings is 1. The molecule has 0 atom stereocenters. The monoisotopic (exact) mass is 298 g/mol. The number of hydrogen-bond donors (Lipinski definition) is 1. The minimum Gasteiger partial charge on any atom is -0.312 e. The summed E-state index contributed by atoms with van der Waals surface area (Å²) < 4.78 is 50.8.